The highest BCUT2D eigenvalue weighted by Crippen LogP contribution is 2.26. The van der Waals surface area contributed by atoms with Gasteiger partial charge in [-0.2, -0.15) is 0 Å². The van der Waals surface area contributed by atoms with Crippen molar-refractivity contribution in [3.8, 4) is 0 Å². The summed E-state index contributed by atoms with van der Waals surface area (Å²) in [5, 5.41) is 3.68. The van der Waals surface area contributed by atoms with Gasteiger partial charge in [-0.15, -0.1) is 11.8 Å². The molecule has 1 aliphatic heterocycles. The quantitative estimate of drug-likeness (QED) is 0.788. The predicted molar refractivity (Wildman–Crippen MR) is 94.1 cm³/mol. The largest absolute Gasteiger partial charge is 0.313 e. The molecule has 3 heteroatoms. The highest BCUT2D eigenvalue weighted by atomic mass is 32.2. The van der Waals surface area contributed by atoms with Crippen LogP contribution in [0.25, 0.3) is 0 Å². The summed E-state index contributed by atoms with van der Waals surface area (Å²) in [6.07, 6.45) is 6.17. The summed E-state index contributed by atoms with van der Waals surface area (Å²) in [6.45, 7) is 9.32. The van der Waals surface area contributed by atoms with Gasteiger partial charge >= 0.3 is 0 Å². The summed E-state index contributed by atoms with van der Waals surface area (Å²) in [4.78, 5) is 3.98. The molecule has 21 heavy (non-hydrogen) atoms. The maximum atomic E-state index is 3.68. The Kier molecular flexibility index (Phi) is 6.59. The molecule has 2 atom stereocenters. The van der Waals surface area contributed by atoms with Crippen molar-refractivity contribution in [3.05, 3.63) is 29.8 Å². The molecular formula is C18H30N2S. The van der Waals surface area contributed by atoms with Crippen LogP contribution in [0.1, 0.15) is 51.6 Å². The van der Waals surface area contributed by atoms with Gasteiger partial charge in [0.25, 0.3) is 0 Å². The molecule has 0 aliphatic carbocycles. The first-order valence-electron chi connectivity index (χ1n) is 8.25. The fourth-order valence-corrected chi connectivity index (χ4v) is 3.63. The normalized spacial score (nSPS) is 21.0. The lowest BCUT2D eigenvalue weighted by atomic mass is 10.0. The Morgan fingerprint density at radius 3 is 2.43 bits per heavy atom. The second kappa shape index (κ2) is 8.21. The van der Waals surface area contributed by atoms with Gasteiger partial charge in [-0.3, -0.25) is 4.90 Å². The maximum absolute atomic E-state index is 3.68. The first-order valence-corrected chi connectivity index (χ1v) is 9.47. The number of nitrogens with one attached hydrogen (secondary N) is 1. The number of rotatable bonds is 6. The van der Waals surface area contributed by atoms with Crippen molar-refractivity contribution in [1.29, 1.82) is 0 Å². The Morgan fingerprint density at radius 1 is 1.19 bits per heavy atom. The van der Waals surface area contributed by atoms with Crippen molar-refractivity contribution in [2.24, 2.45) is 0 Å². The highest BCUT2D eigenvalue weighted by molar-refractivity contribution is 7.98. The van der Waals surface area contributed by atoms with Crippen molar-refractivity contribution in [2.75, 3.05) is 19.3 Å². The summed E-state index contributed by atoms with van der Waals surface area (Å²) in [5.41, 5.74) is 1.43. The van der Waals surface area contributed by atoms with Crippen LogP contribution in [-0.4, -0.2) is 36.3 Å². The van der Waals surface area contributed by atoms with Crippen molar-refractivity contribution in [2.45, 2.75) is 63.1 Å². The molecule has 1 fully saturated rings. The lowest BCUT2D eigenvalue weighted by molar-refractivity contribution is 0.138. The van der Waals surface area contributed by atoms with Crippen LogP contribution in [0.3, 0.4) is 0 Å². The average Bonchev–Trinajstić information content (AvgIpc) is 2.53. The Bertz CT molecular complexity index is 410. The molecule has 2 unspecified atom stereocenters. The monoisotopic (exact) mass is 306 g/mol. The Hall–Kier alpha value is -0.510. The van der Waals surface area contributed by atoms with Crippen LogP contribution < -0.4 is 5.32 Å². The summed E-state index contributed by atoms with van der Waals surface area (Å²) >= 11 is 1.81. The minimum absolute atomic E-state index is 0.477. The molecule has 0 aromatic heterocycles. The van der Waals surface area contributed by atoms with E-state index in [0.29, 0.717) is 18.1 Å². The van der Waals surface area contributed by atoms with E-state index in [9.17, 15) is 0 Å². The summed E-state index contributed by atoms with van der Waals surface area (Å²) in [6, 6.07) is 10.8. The van der Waals surface area contributed by atoms with E-state index in [4.69, 9.17) is 0 Å². The van der Waals surface area contributed by atoms with E-state index < -0.39 is 0 Å². The van der Waals surface area contributed by atoms with Gasteiger partial charge in [0.2, 0.25) is 0 Å². The number of thioether (sulfide) groups is 1. The topological polar surface area (TPSA) is 15.3 Å². The van der Waals surface area contributed by atoms with Crippen LogP contribution in [0.2, 0.25) is 0 Å². The van der Waals surface area contributed by atoms with Crippen LogP contribution in [0, 0.1) is 0 Å². The van der Waals surface area contributed by atoms with E-state index in [0.717, 1.165) is 6.54 Å². The number of nitrogens with zero attached hydrogens (tertiary/aromatic N) is 1. The van der Waals surface area contributed by atoms with Crippen molar-refractivity contribution >= 4 is 11.8 Å². The molecule has 2 rings (SSSR count). The van der Waals surface area contributed by atoms with Crippen molar-refractivity contribution in [3.63, 3.8) is 0 Å². The zero-order valence-electron chi connectivity index (χ0n) is 13.9. The Balaban J connectivity index is 2.04. The Morgan fingerprint density at radius 2 is 1.90 bits per heavy atom. The van der Waals surface area contributed by atoms with Crippen LogP contribution in [-0.2, 0) is 0 Å². The molecule has 0 radical (unpaired) electrons. The van der Waals surface area contributed by atoms with Crippen molar-refractivity contribution < 1.29 is 0 Å². The van der Waals surface area contributed by atoms with Crippen LogP contribution in [0.4, 0.5) is 0 Å². The highest BCUT2D eigenvalue weighted by Gasteiger charge is 2.23. The average molecular weight is 307 g/mol. The zero-order chi connectivity index (χ0) is 15.2. The smallest absolute Gasteiger partial charge is 0.0323 e. The molecule has 1 saturated heterocycles. The van der Waals surface area contributed by atoms with Gasteiger partial charge in [0, 0.05) is 29.6 Å². The lowest BCUT2D eigenvalue weighted by Gasteiger charge is -2.37. The molecule has 0 saturated carbocycles. The molecule has 2 nitrogen and oxygen atoms in total. The summed E-state index contributed by atoms with van der Waals surface area (Å²) in [7, 11) is 0. The van der Waals surface area contributed by atoms with Gasteiger partial charge < -0.3 is 5.32 Å². The van der Waals surface area contributed by atoms with E-state index in [1.807, 2.05) is 11.8 Å². The van der Waals surface area contributed by atoms with Crippen molar-refractivity contribution in [1.82, 2.24) is 10.2 Å². The molecule has 1 N–H and O–H groups in total. The second-order valence-electron chi connectivity index (χ2n) is 6.39. The predicted octanol–water partition coefficient (Wildman–Crippen LogP) is 4.32. The molecule has 0 bridgehead atoms. The molecule has 1 aliphatic rings. The third-order valence-corrected chi connectivity index (χ3v) is 5.35. The third-order valence-electron chi connectivity index (χ3n) is 4.60. The van der Waals surface area contributed by atoms with Gasteiger partial charge in [0.05, 0.1) is 0 Å². The summed E-state index contributed by atoms with van der Waals surface area (Å²) in [5.74, 6) is 0. The maximum Gasteiger partial charge on any atom is 0.0323 e. The number of hydrogen-bond acceptors (Lipinski definition) is 3. The standard InChI is InChI=1S/C18H30N2S/c1-14(2)20(13-17-7-5-6-12-19-17)15(3)16-8-10-18(21-4)11-9-16/h8-11,14-15,17,19H,5-7,12-13H2,1-4H3. The second-order valence-corrected chi connectivity index (χ2v) is 7.27. The fraction of sp³-hybridized carbons (Fsp3) is 0.667. The molecule has 1 aromatic carbocycles. The first-order chi connectivity index (χ1) is 10.1. The molecule has 0 amide bonds. The number of benzene rings is 1. The number of piperidine rings is 1. The van der Waals surface area contributed by atoms with Crippen LogP contribution in [0.5, 0.6) is 0 Å². The Labute approximate surface area is 134 Å². The molecule has 0 spiro atoms. The van der Waals surface area contributed by atoms with E-state index in [2.05, 4.69) is 61.5 Å². The van der Waals surface area contributed by atoms with E-state index in [-0.39, 0.29) is 0 Å². The van der Waals surface area contributed by atoms with Gasteiger partial charge in [0.15, 0.2) is 0 Å². The third kappa shape index (κ3) is 4.73. The lowest BCUT2D eigenvalue weighted by Crippen LogP contribution is -2.46. The number of hydrogen-bond donors (Lipinski definition) is 1. The zero-order valence-corrected chi connectivity index (χ0v) is 14.7. The van der Waals surface area contributed by atoms with Gasteiger partial charge in [-0.05, 0) is 64.1 Å². The fourth-order valence-electron chi connectivity index (χ4n) is 3.22. The summed E-state index contributed by atoms with van der Waals surface area (Å²) < 4.78 is 0. The van der Waals surface area contributed by atoms with E-state index in [1.165, 1.54) is 36.3 Å². The van der Waals surface area contributed by atoms with Gasteiger partial charge in [-0.25, -0.2) is 0 Å². The first kappa shape index (κ1) is 16.9. The minimum Gasteiger partial charge on any atom is -0.313 e. The molecule has 1 aromatic rings. The van der Waals surface area contributed by atoms with Gasteiger partial charge in [-0.1, -0.05) is 18.6 Å². The van der Waals surface area contributed by atoms with Crippen LogP contribution in [0.15, 0.2) is 29.2 Å². The molecular weight excluding hydrogens is 276 g/mol. The molecule has 118 valence electrons. The molecule has 1 heterocycles. The van der Waals surface area contributed by atoms with Gasteiger partial charge in [0.1, 0.15) is 0 Å². The van der Waals surface area contributed by atoms with E-state index >= 15 is 0 Å². The SMILES string of the molecule is CSc1ccc(C(C)N(CC2CCCCN2)C(C)C)cc1. The minimum atomic E-state index is 0.477. The van der Waals surface area contributed by atoms with E-state index in [1.54, 1.807) is 0 Å². The van der Waals surface area contributed by atoms with Crippen LogP contribution >= 0.6 is 11.8 Å².